The van der Waals surface area contributed by atoms with Gasteiger partial charge in [-0.1, -0.05) is 18.2 Å². The molecule has 0 radical (unpaired) electrons. The molecule has 1 aromatic heterocycles. The SMILES string of the molecule is Cc1c(NS(=O)(=O)c2ccc(C(=O)N(C)C(C)C3CC3)cc2)c(=O)n(-c2ccccc2)n1C. The van der Waals surface area contributed by atoms with E-state index in [1.807, 2.05) is 13.0 Å². The maximum atomic E-state index is 13.0. The molecule has 1 N–H and O–H groups in total. The Morgan fingerprint density at radius 1 is 1.09 bits per heavy atom. The Balaban J connectivity index is 1.59. The van der Waals surface area contributed by atoms with Crippen molar-refractivity contribution < 1.29 is 13.2 Å². The molecule has 33 heavy (non-hydrogen) atoms. The fraction of sp³-hybridized carbons (Fsp3) is 0.333. The molecule has 1 atom stereocenters. The van der Waals surface area contributed by atoms with Crippen molar-refractivity contribution in [2.75, 3.05) is 11.8 Å². The molecule has 2 aromatic carbocycles. The molecule has 0 aliphatic heterocycles. The third-order valence-corrected chi connectivity index (χ3v) is 7.80. The van der Waals surface area contributed by atoms with Crippen molar-refractivity contribution in [3.63, 3.8) is 0 Å². The Morgan fingerprint density at radius 2 is 1.70 bits per heavy atom. The molecular weight excluding hydrogens is 440 g/mol. The van der Waals surface area contributed by atoms with Gasteiger partial charge in [0.25, 0.3) is 21.5 Å². The lowest BCUT2D eigenvalue weighted by Crippen LogP contribution is -2.36. The first-order valence-corrected chi connectivity index (χ1v) is 12.3. The highest BCUT2D eigenvalue weighted by Crippen LogP contribution is 2.35. The largest absolute Gasteiger partial charge is 0.339 e. The standard InChI is InChI=1S/C24H28N4O4S/c1-16(18-10-11-18)26(3)23(29)19-12-14-21(15-13-19)33(31,32)25-22-17(2)27(4)28(24(22)30)20-8-6-5-7-9-20/h5-9,12-16,18,25H,10-11H2,1-4H3. The van der Waals surface area contributed by atoms with Crippen LogP contribution in [0.15, 0.2) is 64.3 Å². The van der Waals surface area contributed by atoms with Crippen LogP contribution < -0.4 is 10.3 Å². The Kier molecular flexibility index (Phi) is 5.92. The lowest BCUT2D eigenvalue weighted by Gasteiger charge is -2.25. The maximum absolute atomic E-state index is 13.0. The van der Waals surface area contributed by atoms with Crippen molar-refractivity contribution in [3.8, 4) is 5.69 Å². The van der Waals surface area contributed by atoms with Crippen LogP contribution >= 0.6 is 0 Å². The van der Waals surface area contributed by atoms with Crippen molar-refractivity contribution in [3.05, 3.63) is 76.2 Å². The molecule has 1 aliphatic rings. The zero-order chi connectivity index (χ0) is 23.9. The van der Waals surface area contributed by atoms with Crippen LogP contribution in [0, 0.1) is 12.8 Å². The summed E-state index contributed by atoms with van der Waals surface area (Å²) in [5.41, 5.74) is 1.05. The molecule has 0 spiro atoms. The highest BCUT2D eigenvalue weighted by Gasteiger charge is 2.32. The second-order valence-electron chi connectivity index (χ2n) is 8.56. The number of aromatic nitrogens is 2. The number of nitrogens with zero attached hydrogens (tertiary/aromatic N) is 3. The van der Waals surface area contributed by atoms with Gasteiger partial charge in [-0.15, -0.1) is 0 Å². The van der Waals surface area contributed by atoms with Gasteiger partial charge in [0.15, 0.2) is 0 Å². The highest BCUT2D eigenvalue weighted by atomic mass is 32.2. The minimum absolute atomic E-state index is 0.0144. The summed E-state index contributed by atoms with van der Waals surface area (Å²) in [4.78, 5) is 27.5. The first-order valence-electron chi connectivity index (χ1n) is 10.9. The number of rotatable bonds is 7. The molecular formula is C24H28N4O4S. The quantitative estimate of drug-likeness (QED) is 0.576. The van der Waals surface area contributed by atoms with Crippen LogP contribution in [-0.2, 0) is 17.1 Å². The molecule has 4 rings (SSSR count). The number of para-hydroxylation sites is 1. The number of nitrogens with one attached hydrogen (secondary N) is 1. The summed E-state index contributed by atoms with van der Waals surface area (Å²) in [7, 11) is -0.561. The van der Waals surface area contributed by atoms with Gasteiger partial charge in [-0.3, -0.25) is 19.0 Å². The summed E-state index contributed by atoms with van der Waals surface area (Å²) in [6.45, 7) is 3.71. The minimum atomic E-state index is -4.03. The van der Waals surface area contributed by atoms with Gasteiger partial charge in [0.05, 0.1) is 16.3 Å². The molecule has 8 nitrogen and oxygen atoms in total. The normalized spacial score (nSPS) is 14.7. The Labute approximate surface area is 193 Å². The minimum Gasteiger partial charge on any atom is -0.339 e. The average molecular weight is 469 g/mol. The molecule has 1 aliphatic carbocycles. The van der Waals surface area contributed by atoms with Crippen LogP contribution in [0.4, 0.5) is 5.69 Å². The first-order chi connectivity index (χ1) is 15.6. The molecule has 1 amide bonds. The smallest absolute Gasteiger partial charge is 0.296 e. The topological polar surface area (TPSA) is 93.4 Å². The summed E-state index contributed by atoms with van der Waals surface area (Å²) < 4.78 is 31.5. The van der Waals surface area contributed by atoms with Crippen LogP contribution in [0.2, 0.25) is 0 Å². The van der Waals surface area contributed by atoms with E-state index in [0.717, 1.165) is 12.8 Å². The van der Waals surface area contributed by atoms with E-state index < -0.39 is 15.6 Å². The van der Waals surface area contributed by atoms with Crippen LogP contribution in [0.5, 0.6) is 0 Å². The Bertz CT molecular complexity index is 1340. The molecule has 1 fully saturated rings. The van der Waals surface area contributed by atoms with Crippen molar-refractivity contribution >= 4 is 21.6 Å². The number of amides is 1. The number of carbonyl (C=O) groups is 1. The van der Waals surface area contributed by atoms with E-state index in [1.165, 1.54) is 28.9 Å². The summed E-state index contributed by atoms with van der Waals surface area (Å²) >= 11 is 0. The van der Waals surface area contributed by atoms with Gasteiger partial charge < -0.3 is 4.90 Å². The third kappa shape index (κ3) is 4.32. The van der Waals surface area contributed by atoms with Gasteiger partial charge in [0.2, 0.25) is 0 Å². The number of carbonyl (C=O) groups excluding carboxylic acids is 1. The maximum Gasteiger partial charge on any atom is 0.296 e. The lowest BCUT2D eigenvalue weighted by atomic mass is 10.1. The highest BCUT2D eigenvalue weighted by molar-refractivity contribution is 7.92. The van der Waals surface area contributed by atoms with Gasteiger partial charge in [-0.25, -0.2) is 13.1 Å². The molecule has 1 saturated carbocycles. The lowest BCUT2D eigenvalue weighted by molar-refractivity contribution is 0.0727. The second-order valence-corrected chi connectivity index (χ2v) is 10.2. The van der Waals surface area contributed by atoms with Crippen LogP contribution in [-0.4, -0.2) is 41.7 Å². The van der Waals surface area contributed by atoms with E-state index in [0.29, 0.717) is 22.9 Å². The Hall–Kier alpha value is -3.33. The van der Waals surface area contributed by atoms with Crippen LogP contribution in [0.1, 0.15) is 35.8 Å². The molecule has 0 bridgehead atoms. The van der Waals surface area contributed by atoms with E-state index in [2.05, 4.69) is 4.72 Å². The van der Waals surface area contributed by atoms with E-state index in [9.17, 15) is 18.0 Å². The predicted molar refractivity (Wildman–Crippen MR) is 127 cm³/mol. The van der Waals surface area contributed by atoms with Gasteiger partial charge in [-0.05, 0) is 69.0 Å². The fourth-order valence-electron chi connectivity index (χ4n) is 3.94. The van der Waals surface area contributed by atoms with E-state index in [4.69, 9.17) is 0 Å². The molecule has 1 heterocycles. The summed E-state index contributed by atoms with van der Waals surface area (Å²) in [6, 6.07) is 14.9. The zero-order valence-electron chi connectivity index (χ0n) is 19.1. The fourth-order valence-corrected chi connectivity index (χ4v) is 5.06. The number of sulfonamides is 1. The monoisotopic (exact) mass is 468 g/mol. The molecule has 1 unspecified atom stereocenters. The predicted octanol–water partition coefficient (Wildman–Crippen LogP) is 3.16. The van der Waals surface area contributed by atoms with Gasteiger partial charge in [0, 0.05) is 25.7 Å². The number of hydrogen-bond donors (Lipinski definition) is 1. The molecule has 174 valence electrons. The number of benzene rings is 2. The zero-order valence-corrected chi connectivity index (χ0v) is 20.0. The number of anilines is 1. The van der Waals surface area contributed by atoms with E-state index in [1.54, 1.807) is 54.9 Å². The average Bonchev–Trinajstić information content (AvgIpc) is 3.64. The van der Waals surface area contributed by atoms with E-state index in [-0.39, 0.29) is 22.5 Å². The molecule has 0 saturated heterocycles. The summed E-state index contributed by atoms with van der Waals surface area (Å²) in [5, 5.41) is 0. The van der Waals surface area contributed by atoms with Crippen LogP contribution in [0.3, 0.4) is 0 Å². The van der Waals surface area contributed by atoms with Crippen molar-refractivity contribution in [1.82, 2.24) is 14.3 Å². The van der Waals surface area contributed by atoms with Crippen molar-refractivity contribution in [2.24, 2.45) is 13.0 Å². The van der Waals surface area contributed by atoms with Gasteiger partial charge in [-0.2, -0.15) is 0 Å². The summed E-state index contributed by atoms with van der Waals surface area (Å²) in [5.74, 6) is 0.396. The third-order valence-electron chi connectivity index (χ3n) is 6.44. The Morgan fingerprint density at radius 3 is 2.27 bits per heavy atom. The molecule has 9 heteroatoms. The first kappa shape index (κ1) is 22.8. The second kappa shape index (κ2) is 8.55. The van der Waals surface area contributed by atoms with Crippen molar-refractivity contribution in [2.45, 2.75) is 37.6 Å². The van der Waals surface area contributed by atoms with Gasteiger partial charge in [0.1, 0.15) is 5.69 Å². The summed E-state index contributed by atoms with van der Waals surface area (Å²) in [6.07, 6.45) is 2.26. The van der Waals surface area contributed by atoms with E-state index >= 15 is 0 Å². The van der Waals surface area contributed by atoms with Crippen LogP contribution in [0.25, 0.3) is 5.69 Å². The number of hydrogen-bond acceptors (Lipinski definition) is 4. The molecule has 3 aromatic rings. The van der Waals surface area contributed by atoms with Gasteiger partial charge >= 0.3 is 0 Å². The van der Waals surface area contributed by atoms with Crippen molar-refractivity contribution in [1.29, 1.82) is 0 Å².